The molecular formula is C25H30N4O2. The lowest BCUT2D eigenvalue weighted by atomic mass is 10.2. The number of hydrogen-bond donors (Lipinski definition) is 1. The number of aromatic nitrogens is 2. The van der Waals surface area contributed by atoms with Crippen molar-refractivity contribution in [3.8, 4) is 0 Å². The van der Waals surface area contributed by atoms with Crippen molar-refractivity contribution in [3.63, 3.8) is 0 Å². The first-order valence-electron chi connectivity index (χ1n) is 10.7. The zero-order valence-corrected chi connectivity index (χ0v) is 18.4. The molecule has 6 heteroatoms. The third-order valence-electron chi connectivity index (χ3n) is 5.04. The number of allylic oxidation sites excluding steroid dienone is 1. The lowest BCUT2D eigenvalue weighted by Gasteiger charge is -2.27. The molecule has 0 aliphatic rings. The Morgan fingerprint density at radius 2 is 1.81 bits per heavy atom. The van der Waals surface area contributed by atoms with Gasteiger partial charge in [-0.3, -0.25) is 9.59 Å². The monoisotopic (exact) mass is 418 g/mol. The Labute approximate surface area is 183 Å². The van der Waals surface area contributed by atoms with Crippen LogP contribution >= 0.6 is 0 Å². The maximum Gasteiger partial charge on any atom is 0.247 e. The van der Waals surface area contributed by atoms with Gasteiger partial charge in [-0.1, -0.05) is 36.4 Å². The molecule has 6 nitrogen and oxygen atoms in total. The first kappa shape index (κ1) is 22.3. The largest absolute Gasteiger partial charge is 0.353 e. The normalized spacial score (nSPS) is 11.4. The second kappa shape index (κ2) is 10.6. The Morgan fingerprint density at radius 3 is 2.52 bits per heavy atom. The fourth-order valence-corrected chi connectivity index (χ4v) is 3.69. The summed E-state index contributed by atoms with van der Waals surface area (Å²) in [6.07, 6.45) is 4.64. The van der Waals surface area contributed by atoms with Gasteiger partial charge in [0.2, 0.25) is 11.8 Å². The molecule has 1 aromatic heterocycles. The smallest absolute Gasteiger partial charge is 0.247 e. The number of carbonyl (C=O) groups is 2. The van der Waals surface area contributed by atoms with Crippen molar-refractivity contribution in [1.82, 2.24) is 14.9 Å². The Morgan fingerprint density at radius 1 is 1.10 bits per heavy atom. The third kappa shape index (κ3) is 5.60. The summed E-state index contributed by atoms with van der Waals surface area (Å²) >= 11 is 0. The molecule has 0 aliphatic carbocycles. The van der Waals surface area contributed by atoms with Gasteiger partial charge in [0.1, 0.15) is 12.4 Å². The van der Waals surface area contributed by atoms with Gasteiger partial charge in [-0.25, -0.2) is 4.98 Å². The highest BCUT2D eigenvalue weighted by Crippen LogP contribution is 2.21. The van der Waals surface area contributed by atoms with Crippen LogP contribution < -0.4 is 10.2 Å². The maximum atomic E-state index is 13.4. The highest BCUT2D eigenvalue weighted by molar-refractivity contribution is 5.94. The molecule has 2 amide bonds. The summed E-state index contributed by atoms with van der Waals surface area (Å²) in [5.74, 6) is 0.778. The average molecular weight is 419 g/mol. The summed E-state index contributed by atoms with van der Waals surface area (Å²) in [4.78, 5) is 31.6. The molecule has 0 saturated carbocycles. The van der Waals surface area contributed by atoms with Crippen LogP contribution in [0.3, 0.4) is 0 Å². The number of fused-ring (bicyclic) bond motifs is 1. The number of nitrogens with zero attached hydrogens (tertiary/aromatic N) is 3. The topological polar surface area (TPSA) is 67.2 Å². The molecule has 1 N–H and O–H groups in total. The summed E-state index contributed by atoms with van der Waals surface area (Å²) < 4.78 is 2.00. The van der Waals surface area contributed by atoms with E-state index >= 15 is 0 Å². The van der Waals surface area contributed by atoms with Crippen LogP contribution in [0.1, 0.15) is 33.0 Å². The second-order valence-corrected chi connectivity index (χ2v) is 7.69. The van der Waals surface area contributed by atoms with E-state index in [9.17, 15) is 9.59 Å². The van der Waals surface area contributed by atoms with Crippen molar-refractivity contribution in [2.75, 3.05) is 11.4 Å². The lowest BCUT2D eigenvalue weighted by molar-refractivity contribution is -0.119. The molecule has 162 valence electrons. The molecular weight excluding hydrogens is 388 g/mol. The van der Waals surface area contributed by atoms with E-state index in [0.717, 1.165) is 29.0 Å². The van der Waals surface area contributed by atoms with Gasteiger partial charge in [-0.2, -0.15) is 0 Å². The van der Waals surface area contributed by atoms with Gasteiger partial charge >= 0.3 is 0 Å². The number of anilines is 1. The van der Waals surface area contributed by atoms with Crippen LogP contribution in [0.25, 0.3) is 11.0 Å². The summed E-state index contributed by atoms with van der Waals surface area (Å²) in [7, 11) is 0. The Kier molecular flexibility index (Phi) is 7.60. The van der Waals surface area contributed by atoms with Crippen molar-refractivity contribution >= 4 is 28.5 Å². The van der Waals surface area contributed by atoms with E-state index in [1.54, 1.807) is 6.08 Å². The van der Waals surface area contributed by atoms with Crippen LogP contribution in [-0.2, 0) is 22.6 Å². The standard InChI is InChI=1S/C25H30N4O2/c1-4-11-24(30)26-17-10-16-23-27-21-14-8-9-15-22(21)28(23)18-25(31)29(19(2)3)20-12-6-5-7-13-20/h4-9,11-15,19H,10,16-18H2,1-3H3,(H,26,30)/b11-4-. The average Bonchev–Trinajstić information content (AvgIpc) is 3.09. The number of carbonyl (C=O) groups excluding carboxylic acids is 2. The first-order valence-corrected chi connectivity index (χ1v) is 10.7. The lowest BCUT2D eigenvalue weighted by Crippen LogP contribution is -2.39. The SMILES string of the molecule is C/C=C\C(=O)NCCCc1nc2ccccc2n1CC(=O)N(c1ccccc1)C(C)C. The quantitative estimate of drug-likeness (QED) is 0.420. The molecule has 0 radical (unpaired) electrons. The highest BCUT2D eigenvalue weighted by atomic mass is 16.2. The number of nitrogens with one attached hydrogen (secondary N) is 1. The number of para-hydroxylation sites is 3. The molecule has 3 rings (SSSR count). The minimum Gasteiger partial charge on any atom is -0.353 e. The van der Waals surface area contributed by atoms with E-state index in [-0.39, 0.29) is 24.4 Å². The van der Waals surface area contributed by atoms with Crippen LogP contribution in [0, 0.1) is 0 Å². The van der Waals surface area contributed by atoms with Crippen LogP contribution in [0.15, 0.2) is 66.7 Å². The molecule has 2 aromatic carbocycles. The molecule has 0 atom stereocenters. The Bertz CT molecular complexity index is 1050. The molecule has 0 aliphatic heterocycles. The minimum atomic E-state index is -0.0957. The second-order valence-electron chi connectivity index (χ2n) is 7.69. The molecule has 0 fully saturated rings. The van der Waals surface area contributed by atoms with Gasteiger partial charge in [0.25, 0.3) is 0 Å². The number of rotatable bonds is 9. The molecule has 0 bridgehead atoms. The van der Waals surface area contributed by atoms with Crippen LogP contribution in [0.2, 0.25) is 0 Å². The Balaban J connectivity index is 1.80. The zero-order chi connectivity index (χ0) is 22.2. The predicted octanol–water partition coefficient (Wildman–Crippen LogP) is 4.10. The third-order valence-corrected chi connectivity index (χ3v) is 5.04. The van der Waals surface area contributed by atoms with Gasteiger partial charge in [0.05, 0.1) is 11.0 Å². The van der Waals surface area contributed by atoms with E-state index < -0.39 is 0 Å². The van der Waals surface area contributed by atoms with E-state index in [2.05, 4.69) is 5.32 Å². The zero-order valence-electron chi connectivity index (χ0n) is 18.4. The summed E-state index contributed by atoms with van der Waals surface area (Å²) in [5.41, 5.74) is 2.71. The fourth-order valence-electron chi connectivity index (χ4n) is 3.69. The van der Waals surface area contributed by atoms with E-state index in [0.29, 0.717) is 13.0 Å². The summed E-state index contributed by atoms with van der Waals surface area (Å²) in [6, 6.07) is 17.7. The van der Waals surface area contributed by atoms with E-state index in [1.807, 2.05) is 84.8 Å². The summed E-state index contributed by atoms with van der Waals surface area (Å²) in [6.45, 7) is 6.63. The van der Waals surface area contributed by atoms with Gasteiger partial charge in [-0.05, 0) is 57.5 Å². The van der Waals surface area contributed by atoms with Crippen molar-refractivity contribution in [1.29, 1.82) is 0 Å². The van der Waals surface area contributed by atoms with Crippen molar-refractivity contribution in [2.24, 2.45) is 0 Å². The van der Waals surface area contributed by atoms with Crippen molar-refractivity contribution in [3.05, 3.63) is 72.6 Å². The number of amides is 2. The van der Waals surface area contributed by atoms with E-state index in [1.165, 1.54) is 6.08 Å². The molecule has 31 heavy (non-hydrogen) atoms. The molecule has 3 aromatic rings. The van der Waals surface area contributed by atoms with Crippen LogP contribution in [0.4, 0.5) is 5.69 Å². The number of aryl methyl sites for hydroxylation is 1. The molecule has 0 unspecified atom stereocenters. The number of imidazole rings is 1. The molecule has 0 spiro atoms. The highest BCUT2D eigenvalue weighted by Gasteiger charge is 2.21. The number of benzene rings is 2. The fraction of sp³-hybridized carbons (Fsp3) is 0.320. The van der Waals surface area contributed by atoms with Crippen molar-refractivity contribution in [2.45, 2.75) is 46.2 Å². The molecule has 1 heterocycles. The van der Waals surface area contributed by atoms with Gasteiger partial charge in [-0.15, -0.1) is 0 Å². The minimum absolute atomic E-state index is 0.0204. The summed E-state index contributed by atoms with van der Waals surface area (Å²) in [5, 5.41) is 2.86. The first-order chi connectivity index (χ1) is 15.0. The van der Waals surface area contributed by atoms with Gasteiger partial charge < -0.3 is 14.8 Å². The molecule has 0 saturated heterocycles. The van der Waals surface area contributed by atoms with E-state index in [4.69, 9.17) is 4.98 Å². The van der Waals surface area contributed by atoms with Gasteiger partial charge in [0.15, 0.2) is 0 Å². The maximum absolute atomic E-state index is 13.4. The van der Waals surface area contributed by atoms with Gasteiger partial charge in [0, 0.05) is 24.7 Å². The number of hydrogen-bond acceptors (Lipinski definition) is 3. The van der Waals surface area contributed by atoms with Crippen molar-refractivity contribution < 1.29 is 9.59 Å². The van der Waals surface area contributed by atoms with Crippen LogP contribution in [0.5, 0.6) is 0 Å². The Hall–Kier alpha value is -3.41. The van der Waals surface area contributed by atoms with Crippen LogP contribution in [-0.4, -0.2) is 34.0 Å². The predicted molar refractivity (Wildman–Crippen MR) is 125 cm³/mol.